The van der Waals surface area contributed by atoms with Crippen molar-refractivity contribution in [3.8, 4) is 5.75 Å². The summed E-state index contributed by atoms with van der Waals surface area (Å²) in [4.78, 5) is 10.3. The molecule has 0 bridgehead atoms. The van der Waals surface area contributed by atoms with Crippen LogP contribution >= 0.6 is 0 Å². The van der Waals surface area contributed by atoms with Crippen molar-refractivity contribution >= 4 is 5.97 Å². The van der Waals surface area contributed by atoms with Crippen molar-refractivity contribution in [2.45, 2.75) is 12.5 Å². The van der Waals surface area contributed by atoms with Crippen LogP contribution in [0, 0.1) is 0 Å². The molecule has 1 atom stereocenters. The fourth-order valence-corrected chi connectivity index (χ4v) is 1.13. The van der Waals surface area contributed by atoms with E-state index in [4.69, 9.17) is 9.84 Å². The molecule has 0 amide bonds. The molecule has 76 valence electrons. The van der Waals surface area contributed by atoms with Gasteiger partial charge in [-0.05, 0) is 17.7 Å². The summed E-state index contributed by atoms with van der Waals surface area (Å²) in [5.74, 6) is -0.424. The zero-order chi connectivity index (χ0) is 10.6. The van der Waals surface area contributed by atoms with Gasteiger partial charge in [0.1, 0.15) is 5.75 Å². The van der Waals surface area contributed by atoms with E-state index >= 15 is 0 Å². The molecule has 0 aliphatic rings. The Labute approximate surface area is 81.8 Å². The molecule has 0 unspecified atom stereocenters. The fourth-order valence-electron chi connectivity index (χ4n) is 1.13. The third-order valence-corrected chi connectivity index (χ3v) is 1.85. The van der Waals surface area contributed by atoms with Gasteiger partial charge in [0, 0.05) is 0 Å². The molecule has 2 N–H and O–H groups in total. The van der Waals surface area contributed by atoms with Crippen LogP contribution in [0.3, 0.4) is 0 Å². The summed E-state index contributed by atoms with van der Waals surface area (Å²) in [5.41, 5.74) is 0.548. The summed E-state index contributed by atoms with van der Waals surface area (Å²) in [7, 11) is 1.52. The SMILES string of the molecule is COc1cccc([C@@H](O)CC(=O)O)c1. The molecule has 0 heterocycles. The number of aliphatic hydroxyl groups is 1. The number of carbonyl (C=O) groups is 1. The molecule has 0 aliphatic carbocycles. The summed E-state index contributed by atoms with van der Waals surface area (Å²) in [5, 5.41) is 18.0. The Balaban J connectivity index is 2.78. The fraction of sp³-hybridized carbons (Fsp3) is 0.300. The maximum absolute atomic E-state index is 10.3. The van der Waals surface area contributed by atoms with Crippen LogP contribution in [0.15, 0.2) is 24.3 Å². The molecule has 14 heavy (non-hydrogen) atoms. The van der Waals surface area contributed by atoms with Crippen LogP contribution in [0.1, 0.15) is 18.1 Å². The first-order valence-electron chi connectivity index (χ1n) is 4.17. The number of methoxy groups -OCH3 is 1. The van der Waals surface area contributed by atoms with E-state index in [2.05, 4.69) is 0 Å². The summed E-state index contributed by atoms with van der Waals surface area (Å²) in [6, 6.07) is 6.72. The lowest BCUT2D eigenvalue weighted by Crippen LogP contribution is -2.05. The van der Waals surface area contributed by atoms with Gasteiger partial charge in [0.05, 0.1) is 19.6 Å². The summed E-state index contributed by atoms with van der Waals surface area (Å²) < 4.78 is 4.95. The number of hydrogen-bond donors (Lipinski definition) is 2. The summed E-state index contributed by atoms with van der Waals surface area (Å²) in [6.07, 6.45) is -1.28. The van der Waals surface area contributed by atoms with Crippen molar-refractivity contribution in [3.05, 3.63) is 29.8 Å². The van der Waals surface area contributed by atoms with Crippen molar-refractivity contribution < 1.29 is 19.7 Å². The number of carboxylic acids is 1. The predicted molar refractivity (Wildman–Crippen MR) is 50.2 cm³/mol. The second kappa shape index (κ2) is 4.62. The highest BCUT2D eigenvalue weighted by atomic mass is 16.5. The van der Waals surface area contributed by atoms with Crippen LogP contribution in [-0.2, 0) is 4.79 Å². The van der Waals surface area contributed by atoms with Gasteiger partial charge in [0.2, 0.25) is 0 Å². The Morgan fingerprint density at radius 2 is 2.29 bits per heavy atom. The Morgan fingerprint density at radius 3 is 2.86 bits per heavy atom. The molecular formula is C10H12O4. The lowest BCUT2D eigenvalue weighted by Gasteiger charge is -2.09. The zero-order valence-corrected chi connectivity index (χ0v) is 7.80. The topological polar surface area (TPSA) is 66.8 Å². The molecular weight excluding hydrogens is 184 g/mol. The molecule has 0 aromatic heterocycles. The molecule has 0 radical (unpaired) electrons. The van der Waals surface area contributed by atoms with E-state index in [1.165, 1.54) is 7.11 Å². The largest absolute Gasteiger partial charge is 0.497 e. The van der Waals surface area contributed by atoms with E-state index in [0.717, 1.165) is 0 Å². The van der Waals surface area contributed by atoms with Crippen LogP contribution < -0.4 is 4.74 Å². The van der Waals surface area contributed by atoms with Gasteiger partial charge in [-0.25, -0.2) is 0 Å². The monoisotopic (exact) mass is 196 g/mol. The van der Waals surface area contributed by atoms with E-state index in [1.807, 2.05) is 0 Å². The van der Waals surface area contributed by atoms with Gasteiger partial charge in [0.15, 0.2) is 0 Å². The molecule has 1 aromatic carbocycles. The summed E-state index contributed by atoms with van der Waals surface area (Å²) >= 11 is 0. The normalized spacial score (nSPS) is 12.1. The average Bonchev–Trinajstić information content (AvgIpc) is 2.17. The van der Waals surface area contributed by atoms with Crippen molar-refractivity contribution in [1.82, 2.24) is 0 Å². The third kappa shape index (κ3) is 2.74. The van der Waals surface area contributed by atoms with E-state index in [-0.39, 0.29) is 6.42 Å². The van der Waals surface area contributed by atoms with Gasteiger partial charge in [-0.3, -0.25) is 4.79 Å². The van der Waals surface area contributed by atoms with E-state index < -0.39 is 12.1 Å². The van der Waals surface area contributed by atoms with Crippen LogP contribution in [-0.4, -0.2) is 23.3 Å². The molecule has 0 fully saturated rings. The summed E-state index contributed by atoms with van der Waals surface area (Å²) in [6.45, 7) is 0. The van der Waals surface area contributed by atoms with Crippen LogP contribution in [0.25, 0.3) is 0 Å². The third-order valence-electron chi connectivity index (χ3n) is 1.85. The van der Waals surface area contributed by atoms with E-state index in [1.54, 1.807) is 24.3 Å². The molecule has 0 aliphatic heterocycles. The lowest BCUT2D eigenvalue weighted by atomic mass is 10.1. The van der Waals surface area contributed by atoms with E-state index in [9.17, 15) is 9.90 Å². The van der Waals surface area contributed by atoms with Crippen molar-refractivity contribution in [1.29, 1.82) is 0 Å². The average molecular weight is 196 g/mol. The van der Waals surface area contributed by atoms with Crippen molar-refractivity contribution in [3.63, 3.8) is 0 Å². The van der Waals surface area contributed by atoms with Crippen molar-refractivity contribution in [2.75, 3.05) is 7.11 Å². The van der Waals surface area contributed by atoms with E-state index in [0.29, 0.717) is 11.3 Å². The smallest absolute Gasteiger partial charge is 0.306 e. The number of hydrogen-bond acceptors (Lipinski definition) is 3. The molecule has 1 aromatic rings. The number of aliphatic hydroxyl groups excluding tert-OH is 1. The van der Waals surface area contributed by atoms with Gasteiger partial charge in [-0.15, -0.1) is 0 Å². The number of rotatable bonds is 4. The highest BCUT2D eigenvalue weighted by Crippen LogP contribution is 2.21. The standard InChI is InChI=1S/C10H12O4/c1-14-8-4-2-3-7(5-8)9(11)6-10(12)13/h2-5,9,11H,6H2,1H3,(H,12,13)/t9-/m0/s1. The Morgan fingerprint density at radius 1 is 1.57 bits per heavy atom. The van der Waals surface area contributed by atoms with Crippen molar-refractivity contribution in [2.24, 2.45) is 0 Å². The Bertz CT molecular complexity index is 322. The molecule has 0 saturated carbocycles. The highest BCUT2D eigenvalue weighted by Gasteiger charge is 2.12. The Hall–Kier alpha value is -1.55. The van der Waals surface area contributed by atoms with Crippen LogP contribution in [0.5, 0.6) is 5.75 Å². The number of aliphatic carboxylic acids is 1. The minimum atomic E-state index is -1.03. The molecule has 4 nitrogen and oxygen atoms in total. The lowest BCUT2D eigenvalue weighted by molar-refractivity contribution is -0.139. The first-order valence-corrected chi connectivity index (χ1v) is 4.17. The minimum Gasteiger partial charge on any atom is -0.497 e. The second-order valence-electron chi connectivity index (χ2n) is 2.89. The van der Waals surface area contributed by atoms with Crippen LogP contribution in [0.2, 0.25) is 0 Å². The minimum absolute atomic E-state index is 0.298. The molecule has 4 heteroatoms. The molecule has 0 spiro atoms. The molecule has 1 rings (SSSR count). The second-order valence-corrected chi connectivity index (χ2v) is 2.89. The van der Waals surface area contributed by atoms with Gasteiger partial charge in [-0.2, -0.15) is 0 Å². The number of benzene rings is 1. The Kier molecular flexibility index (Phi) is 3.48. The van der Waals surface area contributed by atoms with Gasteiger partial charge < -0.3 is 14.9 Å². The first-order chi connectivity index (χ1) is 6.63. The van der Waals surface area contributed by atoms with Gasteiger partial charge >= 0.3 is 5.97 Å². The zero-order valence-electron chi connectivity index (χ0n) is 7.80. The maximum Gasteiger partial charge on any atom is 0.306 e. The first kappa shape index (κ1) is 10.5. The van der Waals surface area contributed by atoms with Crippen LogP contribution in [0.4, 0.5) is 0 Å². The molecule has 0 saturated heterocycles. The van der Waals surface area contributed by atoms with Gasteiger partial charge in [-0.1, -0.05) is 12.1 Å². The van der Waals surface area contributed by atoms with Gasteiger partial charge in [0.25, 0.3) is 0 Å². The highest BCUT2D eigenvalue weighted by molar-refractivity contribution is 5.67. The number of ether oxygens (including phenoxy) is 1. The predicted octanol–water partition coefficient (Wildman–Crippen LogP) is 1.20. The number of carboxylic acid groups (broad SMARTS) is 1. The maximum atomic E-state index is 10.3. The quantitative estimate of drug-likeness (QED) is 0.759.